The van der Waals surface area contributed by atoms with Crippen molar-refractivity contribution < 1.29 is 9.47 Å². The maximum absolute atomic E-state index is 9.41. The molecule has 5 aromatic carbocycles. The summed E-state index contributed by atoms with van der Waals surface area (Å²) in [6.07, 6.45) is 5.94. The van der Waals surface area contributed by atoms with Crippen LogP contribution in [0.4, 0.5) is 0 Å². The first-order valence-corrected chi connectivity index (χ1v) is 16.0. The number of hydrogen-bond donors (Lipinski definition) is 0. The second kappa shape index (κ2) is 15.3. The van der Waals surface area contributed by atoms with E-state index in [1.54, 1.807) is 36.4 Å². The molecule has 5 rings (SSSR count). The van der Waals surface area contributed by atoms with Crippen molar-refractivity contribution in [3.8, 4) is 47.3 Å². The first kappa shape index (κ1) is 33.0. The number of hydrogen-bond acceptors (Lipinski definition) is 6. The predicted molar refractivity (Wildman–Crippen MR) is 185 cm³/mol. The van der Waals surface area contributed by atoms with Crippen LogP contribution in [-0.4, -0.2) is 0 Å². The number of ether oxygens (including phenoxy) is 2. The van der Waals surface area contributed by atoms with Gasteiger partial charge in [0, 0.05) is 5.41 Å². The zero-order valence-electron chi connectivity index (χ0n) is 27.0. The van der Waals surface area contributed by atoms with Gasteiger partial charge < -0.3 is 9.47 Å². The topological polar surface area (TPSA) is 114 Å². The summed E-state index contributed by atoms with van der Waals surface area (Å²) in [5.74, 6) is 2.19. The molecule has 0 aliphatic heterocycles. The molecule has 0 aromatic heterocycles. The van der Waals surface area contributed by atoms with E-state index in [1.807, 2.05) is 72.8 Å². The SMILES string of the molecule is CCCCCCc1ccc(C(C)(c2ccc(Oc3ccc(C#N)c(C#N)c3)cc2)c2ccc(Oc3ccc(C#N)c(C#N)c3)cc2)cc1. The molecular formula is C42H34N4O2. The number of rotatable bonds is 12. The molecule has 0 fully saturated rings. The minimum absolute atomic E-state index is 0.269. The first-order chi connectivity index (χ1) is 23.4. The number of aryl methyl sites for hydroxylation is 1. The van der Waals surface area contributed by atoms with E-state index in [9.17, 15) is 21.0 Å². The predicted octanol–water partition coefficient (Wildman–Crippen LogP) is 10.2. The normalized spacial score (nSPS) is 10.6. The number of nitrogens with zero attached hydrogens (tertiary/aromatic N) is 4. The quantitative estimate of drug-likeness (QED) is 0.101. The van der Waals surface area contributed by atoms with Gasteiger partial charge in [0.2, 0.25) is 0 Å². The third-order valence-corrected chi connectivity index (χ3v) is 8.65. The summed E-state index contributed by atoms with van der Waals surface area (Å²) in [6.45, 7) is 4.43. The Morgan fingerprint density at radius 2 is 0.875 bits per heavy atom. The second-order valence-electron chi connectivity index (χ2n) is 11.7. The number of unbranched alkanes of at least 4 members (excludes halogenated alkanes) is 3. The molecule has 0 saturated heterocycles. The average Bonchev–Trinajstić information content (AvgIpc) is 3.13. The average molecular weight is 627 g/mol. The van der Waals surface area contributed by atoms with Crippen LogP contribution in [0.1, 0.15) is 84.0 Å². The Morgan fingerprint density at radius 3 is 1.27 bits per heavy atom. The molecule has 0 unspecified atom stereocenters. The highest BCUT2D eigenvalue weighted by molar-refractivity contribution is 5.54. The zero-order valence-corrected chi connectivity index (χ0v) is 27.0. The summed E-state index contributed by atoms with van der Waals surface area (Å²) >= 11 is 0. The van der Waals surface area contributed by atoms with E-state index in [2.05, 4.69) is 38.1 Å². The molecule has 0 N–H and O–H groups in total. The Kier molecular flexibility index (Phi) is 10.5. The van der Waals surface area contributed by atoms with Crippen molar-refractivity contribution >= 4 is 0 Å². The molecule has 0 aliphatic rings. The van der Waals surface area contributed by atoms with Crippen LogP contribution in [0.3, 0.4) is 0 Å². The van der Waals surface area contributed by atoms with Crippen LogP contribution < -0.4 is 9.47 Å². The van der Waals surface area contributed by atoms with E-state index >= 15 is 0 Å². The zero-order chi connectivity index (χ0) is 33.9. The molecular weight excluding hydrogens is 592 g/mol. The fraction of sp³-hybridized carbons (Fsp3) is 0.190. The lowest BCUT2D eigenvalue weighted by atomic mass is 9.71. The lowest BCUT2D eigenvalue weighted by molar-refractivity contribution is 0.481. The number of nitriles is 4. The van der Waals surface area contributed by atoms with Crippen LogP contribution in [0.15, 0.2) is 109 Å². The molecule has 0 aliphatic carbocycles. The Hall–Kier alpha value is -6.34. The fourth-order valence-electron chi connectivity index (χ4n) is 5.80. The van der Waals surface area contributed by atoms with Gasteiger partial charge in [-0.3, -0.25) is 0 Å². The van der Waals surface area contributed by atoms with E-state index in [-0.39, 0.29) is 11.1 Å². The Labute approximate surface area is 282 Å². The van der Waals surface area contributed by atoms with Crippen molar-refractivity contribution in [1.29, 1.82) is 21.0 Å². The third-order valence-electron chi connectivity index (χ3n) is 8.65. The molecule has 6 heteroatoms. The van der Waals surface area contributed by atoms with E-state index < -0.39 is 5.41 Å². The fourth-order valence-corrected chi connectivity index (χ4v) is 5.80. The van der Waals surface area contributed by atoms with E-state index in [1.165, 1.54) is 31.2 Å². The monoisotopic (exact) mass is 626 g/mol. The Morgan fingerprint density at radius 1 is 0.479 bits per heavy atom. The lowest BCUT2D eigenvalue weighted by Crippen LogP contribution is -2.25. The molecule has 0 heterocycles. The molecule has 6 nitrogen and oxygen atoms in total. The highest BCUT2D eigenvalue weighted by Crippen LogP contribution is 2.41. The Bertz CT molecular complexity index is 1930. The van der Waals surface area contributed by atoms with Gasteiger partial charge in [0.05, 0.1) is 22.3 Å². The number of benzene rings is 5. The molecule has 48 heavy (non-hydrogen) atoms. The summed E-state index contributed by atoms with van der Waals surface area (Å²) < 4.78 is 12.1. The summed E-state index contributed by atoms with van der Waals surface area (Å²) in [5, 5.41) is 37.3. The van der Waals surface area contributed by atoms with Crippen LogP contribution >= 0.6 is 0 Å². The molecule has 0 radical (unpaired) electrons. The van der Waals surface area contributed by atoms with Gasteiger partial charge in [-0.15, -0.1) is 0 Å². The maximum Gasteiger partial charge on any atom is 0.128 e. The maximum atomic E-state index is 9.41. The van der Waals surface area contributed by atoms with Crippen molar-refractivity contribution in [3.63, 3.8) is 0 Å². The summed E-state index contributed by atoms with van der Waals surface area (Å²) in [7, 11) is 0. The lowest BCUT2D eigenvalue weighted by Gasteiger charge is -2.32. The highest BCUT2D eigenvalue weighted by atomic mass is 16.5. The minimum atomic E-state index is -0.525. The van der Waals surface area contributed by atoms with Crippen LogP contribution in [0, 0.1) is 45.3 Å². The summed E-state index contributed by atoms with van der Waals surface area (Å²) in [5.41, 5.74) is 5.20. The molecule has 0 atom stereocenters. The molecule has 5 aromatic rings. The van der Waals surface area contributed by atoms with Gasteiger partial charge in [-0.25, -0.2) is 0 Å². The first-order valence-electron chi connectivity index (χ1n) is 16.0. The van der Waals surface area contributed by atoms with Gasteiger partial charge in [0.25, 0.3) is 0 Å². The van der Waals surface area contributed by atoms with Crippen molar-refractivity contribution in [2.75, 3.05) is 0 Å². The molecule has 234 valence electrons. The van der Waals surface area contributed by atoms with Crippen molar-refractivity contribution in [3.05, 3.63) is 154 Å². The van der Waals surface area contributed by atoms with Crippen LogP contribution in [0.25, 0.3) is 0 Å². The van der Waals surface area contributed by atoms with Crippen molar-refractivity contribution in [1.82, 2.24) is 0 Å². The molecule has 0 bridgehead atoms. The molecule has 0 amide bonds. The minimum Gasteiger partial charge on any atom is -0.457 e. The summed E-state index contributed by atoms with van der Waals surface area (Å²) in [6, 6.07) is 42.6. The Balaban J connectivity index is 1.45. The summed E-state index contributed by atoms with van der Waals surface area (Å²) in [4.78, 5) is 0. The van der Waals surface area contributed by atoms with Gasteiger partial charge in [-0.05, 0) is 103 Å². The van der Waals surface area contributed by atoms with E-state index in [4.69, 9.17) is 9.47 Å². The van der Waals surface area contributed by atoms with E-state index in [0.29, 0.717) is 34.1 Å². The molecule has 0 saturated carbocycles. The molecule has 0 spiro atoms. The van der Waals surface area contributed by atoms with Gasteiger partial charge in [-0.2, -0.15) is 21.0 Å². The third kappa shape index (κ3) is 7.37. The second-order valence-corrected chi connectivity index (χ2v) is 11.7. The van der Waals surface area contributed by atoms with Gasteiger partial charge in [0.1, 0.15) is 47.3 Å². The highest BCUT2D eigenvalue weighted by Gasteiger charge is 2.31. The van der Waals surface area contributed by atoms with Gasteiger partial charge >= 0.3 is 0 Å². The van der Waals surface area contributed by atoms with Crippen LogP contribution in [0.5, 0.6) is 23.0 Å². The van der Waals surface area contributed by atoms with Gasteiger partial charge in [0.15, 0.2) is 0 Å². The van der Waals surface area contributed by atoms with Crippen molar-refractivity contribution in [2.24, 2.45) is 0 Å². The van der Waals surface area contributed by atoms with Crippen molar-refractivity contribution in [2.45, 2.75) is 51.4 Å². The largest absolute Gasteiger partial charge is 0.457 e. The van der Waals surface area contributed by atoms with Gasteiger partial charge in [-0.1, -0.05) is 74.7 Å². The van der Waals surface area contributed by atoms with E-state index in [0.717, 1.165) is 23.1 Å². The van der Waals surface area contributed by atoms with Crippen LogP contribution in [0.2, 0.25) is 0 Å². The van der Waals surface area contributed by atoms with Crippen LogP contribution in [-0.2, 0) is 11.8 Å². The standard InChI is InChI=1S/C42H34N4O2/c1-3-4-5-6-7-30-8-12-35(13-9-30)42(2,36-14-20-38(21-15-36)47-40-18-10-31(26-43)33(24-40)28-45)37-16-22-39(23-17-37)48-41-19-11-32(27-44)34(25-41)29-46/h8-25H,3-7H2,1-2H3. The smallest absolute Gasteiger partial charge is 0.128 e.